The van der Waals surface area contributed by atoms with E-state index in [1.165, 1.54) is 11.3 Å². The normalized spacial score (nSPS) is 11.7. The summed E-state index contributed by atoms with van der Waals surface area (Å²) in [7, 11) is 3.69. The second kappa shape index (κ2) is 9.14. The quantitative estimate of drug-likeness (QED) is 0.534. The number of rotatable bonds is 6. The van der Waals surface area contributed by atoms with E-state index in [9.17, 15) is 4.79 Å². The predicted octanol–water partition coefficient (Wildman–Crippen LogP) is 4.54. The Kier molecular flexibility index (Phi) is 7.17. The van der Waals surface area contributed by atoms with Crippen LogP contribution < -0.4 is 4.74 Å². The van der Waals surface area contributed by atoms with E-state index in [-0.39, 0.29) is 5.91 Å². The Morgan fingerprint density at radius 2 is 2.12 bits per heavy atom. The molecule has 140 valence electrons. The summed E-state index contributed by atoms with van der Waals surface area (Å²) in [5.41, 5.74) is 1.32. The maximum Gasteiger partial charge on any atom is 0.298 e. The number of amides is 1. The first-order chi connectivity index (χ1) is 12.3. The van der Waals surface area contributed by atoms with Gasteiger partial charge in [0.15, 0.2) is 0 Å². The van der Waals surface area contributed by atoms with Gasteiger partial charge in [-0.2, -0.15) is 4.99 Å². The maximum atomic E-state index is 12.2. The lowest BCUT2D eigenvalue weighted by molar-refractivity contribution is 0.0997. The number of aromatic nitrogens is 1. The maximum absolute atomic E-state index is 12.2. The van der Waals surface area contributed by atoms with Gasteiger partial charge in [-0.25, -0.2) is 4.98 Å². The summed E-state index contributed by atoms with van der Waals surface area (Å²) in [5, 5.41) is 3.21. The third-order valence-electron chi connectivity index (χ3n) is 3.62. The molecule has 0 unspecified atom stereocenters. The number of nitrogens with zero attached hydrogens (tertiary/aromatic N) is 3. The van der Waals surface area contributed by atoms with Crippen LogP contribution in [0.15, 0.2) is 28.6 Å². The molecule has 7 heteroatoms. The Morgan fingerprint density at radius 3 is 2.77 bits per heavy atom. The summed E-state index contributed by atoms with van der Waals surface area (Å²) in [6.07, 6.45) is 0.558. The van der Waals surface area contributed by atoms with Gasteiger partial charge in [-0.15, -0.1) is 11.3 Å². The molecule has 26 heavy (non-hydrogen) atoms. The molecule has 0 atom stereocenters. The van der Waals surface area contributed by atoms with Crippen molar-refractivity contribution in [2.24, 2.45) is 10.9 Å². The van der Waals surface area contributed by atoms with Gasteiger partial charge in [-0.3, -0.25) is 4.79 Å². The van der Waals surface area contributed by atoms with Gasteiger partial charge < -0.3 is 9.64 Å². The van der Waals surface area contributed by atoms with Crippen LogP contribution in [0, 0.1) is 5.92 Å². The van der Waals surface area contributed by atoms with E-state index in [0.717, 1.165) is 16.3 Å². The van der Waals surface area contributed by atoms with Crippen molar-refractivity contribution in [1.29, 1.82) is 0 Å². The standard InChI is InChI=1S/C19H24ClN3O2S/c1-12(2)10-25-17-7-6-15(20)8-14(17)9-18-22-16(11-26-18)19(24)21-13(3)23(4)5/h6-8,11-12H,9-10H2,1-5H3. The number of hydrogen-bond donors (Lipinski definition) is 0. The van der Waals surface area contributed by atoms with Gasteiger partial charge >= 0.3 is 0 Å². The van der Waals surface area contributed by atoms with E-state index in [2.05, 4.69) is 23.8 Å². The summed E-state index contributed by atoms with van der Waals surface area (Å²) in [5.74, 6) is 1.54. The molecule has 0 N–H and O–H groups in total. The number of amidine groups is 1. The van der Waals surface area contributed by atoms with E-state index < -0.39 is 0 Å². The lowest BCUT2D eigenvalue weighted by Gasteiger charge is -2.13. The summed E-state index contributed by atoms with van der Waals surface area (Å²) >= 11 is 7.57. The van der Waals surface area contributed by atoms with Crippen LogP contribution in [0.2, 0.25) is 5.02 Å². The molecule has 1 aromatic heterocycles. The van der Waals surface area contributed by atoms with Crippen molar-refractivity contribution in [3.05, 3.63) is 44.9 Å². The van der Waals surface area contributed by atoms with E-state index >= 15 is 0 Å². The molecule has 0 bridgehead atoms. The molecule has 0 spiro atoms. The zero-order chi connectivity index (χ0) is 19.3. The van der Waals surface area contributed by atoms with Crippen molar-refractivity contribution in [3.8, 4) is 5.75 Å². The van der Waals surface area contributed by atoms with Crippen molar-refractivity contribution in [2.45, 2.75) is 27.2 Å². The number of benzene rings is 1. The highest BCUT2D eigenvalue weighted by molar-refractivity contribution is 7.09. The molecule has 0 radical (unpaired) electrons. The lowest BCUT2D eigenvalue weighted by atomic mass is 10.1. The third-order valence-corrected chi connectivity index (χ3v) is 4.70. The van der Waals surface area contributed by atoms with Crippen LogP contribution in [-0.2, 0) is 6.42 Å². The lowest BCUT2D eigenvalue weighted by Crippen LogP contribution is -2.19. The fourth-order valence-electron chi connectivity index (χ4n) is 2.04. The first-order valence-corrected chi connectivity index (χ1v) is 9.64. The fourth-order valence-corrected chi connectivity index (χ4v) is 3.03. The summed E-state index contributed by atoms with van der Waals surface area (Å²) < 4.78 is 5.88. The second-order valence-corrected chi connectivity index (χ2v) is 8.00. The monoisotopic (exact) mass is 393 g/mol. The predicted molar refractivity (Wildman–Crippen MR) is 108 cm³/mol. The van der Waals surface area contributed by atoms with Gasteiger partial charge in [0.1, 0.15) is 17.3 Å². The summed E-state index contributed by atoms with van der Waals surface area (Å²) in [4.78, 5) is 22.5. The number of thiazole rings is 1. The molecule has 0 aliphatic carbocycles. The minimum Gasteiger partial charge on any atom is -0.493 e. The molecule has 0 aliphatic heterocycles. The van der Waals surface area contributed by atoms with Crippen molar-refractivity contribution in [2.75, 3.05) is 20.7 Å². The first-order valence-electron chi connectivity index (χ1n) is 8.38. The summed E-state index contributed by atoms with van der Waals surface area (Å²) in [6.45, 7) is 6.62. The van der Waals surface area contributed by atoms with Crippen molar-refractivity contribution < 1.29 is 9.53 Å². The van der Waals surface area contributed by atoms with Crippen molar-refractivity contribution in [3.63, 3.8) is 0 Å². The van der Waals surface area contributed by atoms with Crippen molar-refractivity contribution >= 4 is 34.7 Å². The minimum atomic E-state index is -0.332. The third kappa shape index (κ3) is 5.81. The smallest absolute Gasteiger partial charge is 0.298 e. The number of halogens is 1. The molecular formula is C19H24ClN3O2S. The molecule has 1 amide bonds. The highest BCUT2D eigenvalue weighted by atomic mass is 35.5. The van der Waals surface area contributed by atoms with Gasteiger partial charge in [0.05, 0.1) is 11.6 Å². The molecule has 2 aromatic rings. The molecule has 2 rings (SSSR count). The number of carbonyl (C=O) groups excluding carboxylic acids is 1. The second-order valence-electron chi connectivity index (χ2n) is 6.62. The van der Waals surface area contributed by atoms with Crippen LogP contribution in [0.5, 0.6) is 5.75 Å². The summed E-state index contributed by atoms with van der Waals surface area (Å²) in [6, 6.07) is 5.58. The van der Waals surface area contributed by atoms with Gasteiger partial charge in [0.2, 0.25) is 0 Å². The van der Waals surface area contributed by atoms with Crippen LogP contribution in [-0.4, -0.2) is 42.3 Å². The van der Waals surface area contributed by atoms with Gasteiger partial charge in [0.25, 0.3) is 5.91 Å². The number of ether oxygens (including phenoxy) is 1. The van der Waals surface area contributed by atoms with Crippen LogP contribution in [0.4, 0.5) is 0 Å². The SMILES string of the molecule is CC(=NC(=O)c1csc(Cc2cc(Cl)ccc2OCC(C)C)n1)N(C)C. The molecular weight excluding hydrogens is 370 g/mol. The number of aliphatic imine (C=N–C) groups is 1. The van der Waals surface area contributed by atoms with Crippen molar-refractivity contribution in [1.82, 2.24) is 9.88 Å². The van der Waals surface area contributed by atoms with E-state index in [4.69, 9.17) is 16.3 Å². The van der Waals surface area contributed by atoms with E-state index in [1.54, 1.807) is 17.2 Å². The molecule has 5 nitrogen and oxygen atoms in total. The first kappa shape index (κ1) is 20.4. The molecule has 1 aromatic carbocycles. The Bertz CT molecular complexity index is 800. The average Bonchev–Trinajstić information content (AvgIpc) is 3.02. The van der Waals surface area contributed by atoms with Crippen LogP contribution in [0.25, 0.3) is 0 Å². The van der Waals surface area contributed by atoms with Crippen LogP contribution >= 0.6 is 22.9 Å². The highest BCUT2D eigenvalue weighted by Gasteiger charge is 2.14. The van der Waals surface area contributed by atoms with E-state index in [1.807, 2.05) is 32.3 Å². The number of carbonyl (C=O) groups is 1. The van der Waals surface area contributed by atoms with Gasteiger partial charge in [-0.05, 0) is 31.0 Å². The zero-order valence-corrected chi connectivity index (χ0v) is 17.3. The topological polar surface area (TPSA) is 54.8 Å². The van der Waals surface area contributed by atoms with Crippen LogP contribution in [0.3, 0.4) is 0 Å². The molecule has 1 heterocycles. The number of hydrogen-bond acceptors (Lipinski definition) is 4. The average molecular weight is 394 g/mol. The van der Waals surface area contributed by atoms with E-state index in [0.29, 0.717) is 35.5 Å². The zero-order valence-electron chi connectivity index (χ0n) is 15.7. The molecule has 0 saturated carbocycles. The molecule has 0 aliphatic rings. The van der Waals surface area contributed by atoms with Gasteiger partial charge in [0, 0.05) is 36.5 Å². The van der Waals surface area contributed by atoms with Gasteiger partial charge in [-0.1, -0.05) is 25.4 Å². The Labute approximate surface area is 163 Å². The fraction of sp³-hybridized carbons (Fsp3) is 0.421. The Morgan fingerprint density at radius 1 is 1.38 bits per heavy atom. The highest BCUT2D eigenvalue weighted by Crippen LogP contribution is 2.27. The Hall–Kier alpha value is -1.92. The minimum absolute atomic E-state index is 0.332. The Balaban J connectivity index is 2.17. The largest absolute Gasteiger partial charge is 0.493 e. The van der Waals surface area contributed by atoms with Crippen LogP contribution in [0.1, 0.15) is 41.8 Å². The molecule has 0 saturated heterocycles. The molecule has 0 fully saturated rings.